The average Bonchev–Trinajstić information content (AvgIpc) is 2.81. The van der Waals surface area contributed by atoms with Gasteiger partial charge in [0.25, 0.3) is 0 Å². The monoisotopic (exact) mass is 266 g/mol. The fourth-order valence-electron chi connectivity index (χ4n) is 1.66. The van der Waals surface area contributed by atoms with Crippen LogP contribution in [0.4, 0.5) is 0 Å². The summed E-state index contributed by atoms with van der Waals surface area (Å²) in [6.07, 6.45) is 7.31. The molecular weight excluding hydrogens is 252 g/mol. The van der Waals surface area contributed by atoms with Crippen molar-refractivity contribution in [2.24, 2.45) is 5.73 Å². The van der Waals surface area contributed by atoms with Crippen LogP contribution in [0.1, 0.15) is 11.6 Å². The van der Waals surface area contributed by atoms with Gasteiger partial charge in [-0.3, -0.25) is 9.67 Å². The van der Waals surface area contributed by atoms with Gasteiger partial charge in [0.2, 0.25) is 0 Å². The molecular formula is C11H14N4O2S. The molecule has 96 valence electrons. The minimum absolute atomic E-state index is 0.190. The molecule has 2 aromatic rings. The lowest BCUT2D eigenvalue weighted by Crippen LogP contribution is -2.20. The Kier molecular flexibility index (Phi) is 3.44. The van der Waals surface area contributed by atoms with E-state index in [1.807, 2.05) is 12.1 Å². The van der Waals surface area contributed by atoms with Gasteiger partial charge in [-0.2, -0.15) is 5.10 Å². The van der Waals surface area contributed by atoms with Gasteiger partial charge in [0.1, 0.15) is 4.90 Å². The maximum absolute atomic E-state index is 11.4. The van der Waals surface area contributed by atoms with Gasteiger partial charge in [-0.15, -0.1) is 0 Å². The second-order valence-corrected chi connectivity index (χ2v) is 5.98. The standard InChI is InChI=1S/C11H14N4O2S/c1-18(16,17)10-7-14-15(8-10)11(6-12)9-2-4-13-5-3-9/h2-5,7-8,11H,6,12H2,1H3. The predicted octanol–water partition coefficient (Wildman–Crippen LogP) is 0.230. The Balaban J connectivity index is 2.38. The van der Waals surface area contributed by atoms with E-state index < -0.39 is 9.84 Å². The molecule has 0 saturated carbocycles. The average molecular weight is 266 g/mol. The van der Waals surface area contributed by atoms with Crippen molar-refractivity contribution in [1.29, 1.82) is 0 Å². The molecule has 2 heterocycles. The molecule has 0 radical (unpaired) electrons. The van der Waals surface area contributed by atoms with Crippen molar-refractivity contribution in [3.8, 4) is 0 Å². The summed E-state index contributed by atoms with van der Waals surface area (Å²) in [5, 5.41) is 4.07. The number of nitrogens with two attached hydrogens (primary N) is 1. The SMILES string of the molecule is CS(=O)(=O)c1cnn(C(CN)c2ccncc2)c1. The number of rotatable bonds is 4. The molecule has 0 aromatic carbocycles. The maximum Gasteiger partial charge on any atom is 0.178 e. The van der Waals surface area contributed by atoms with Crippen LogP contribution in [0, 0.1) is 0 Å². The quantitative estimate of drug-likeness (QED) is 0.855. The van der Waals surface area contributed by atoms with E-state index in [2.05, 4.69) is 10.1 Å². The maximum atomic E-state index is 11.4. The minimum Gasteiger partial charge on any atom is -0.328 e. The molecule has 0 aliphatic rings. The summed E-state index contributed by atoms with van der Waals surface area (Å²) >= 11 is 0. The van der Waals surface area contributed by atoms with Gasteiger partial charge >= 0.3 is 0 Å². The van der Waals surface area contributed by atoms with Crippen LogP contribution >= 0.6 is 0 Å². The van der Waals surface area contributed by atoms with Crippen molar-refractivity contribution in [2.75, 3.05) is 12.8 Å². The summed E-state index contributed by atoms with van der Waals surface area (Å²) in [4.78, 5) is 4.12. The molecule has 0 aliphatic carbocycles. The van der Waals surface area contributed by atoms with Gasteiger partial charge in [-0.05, 0) is 17.7 Å². The molecule has 1 atom stereocenters. The molecule has 0 amide bonds. The predicted molar refractivity (Wildman–Crippen MR) is 66.8 cm³/mol. The largest absolute Gasteiger partial charge is 0.328 e. The van der Waals surface area contributed by atoms with E-state index in [0.29, 0.717) is 6.54 Å². The summed E-state index contributed by atoms with van der Waals surface area (Å²) in [6, 6.07) is 3.47. The third-order valence-corrected chi connectivity index (χ3v) is 3.71. The molecule has 0 aliphatic heterocycles. The van der Waals surface area contributed by atoms with Crippen LogP contribution in [0.3, 0.4) is 0 Å². The van der Waals surface area contributed by atoms with E-state index >= 15 is 0 Å². The van der Waals surface area contributed by atoms with Crippen LogP contribution in [0.5, 0.6) is 0 Å². The van der Waals surface area contributed by atoms with Crippen LogP contribution in [0.15, 0.2) is 41.8 Å². The minimum atomic E-state index is -3.24. The van der Waals surface area contributed by atoms with Crippen molar-refractivity contribution in [1.82, 2.24) is 14.8 Å². The summed E-state index contributed by atoms with van der Waals surface area (Å²) in [5.74, 6) is 0. The molecule has 2 aromatic heterocycles. The number of hydrogen-bond acceptors (Lipinski definition) is 5. The fraction of sp³-hybridized carbons (Fsp3) is 0.273. The van der Waals surface area contributed by atoms with Gasteiger partial charge in [-0.25, -0.2) is 8.42 Å². The molecule has 2 rings (SSSR count). The zero-order chi connectivity index (χ0) is 13.2. The third-order valence-electron chi connectivity index (χ3n) is 2.64. The zero-order valence-electron chi connectivity index (χ0n) is 9.89. The number of pyridine rings is 1. The van der Waals surface area contributed by atoms with Gasteiger partial charge < -0.3 is 5.73 Å². The lowest BCUT2D eigenvalue weighted by molar-refractivity contribution is 0.530. The molecule has 0 spiro atoms. The lowest BCUT2D eigenvalue weighted by atomic mass is 10.1. The van der Waals surface area contributed by atoms with Gasteiger partial charge in [0.05, 0.1) is 12.2 Å². The summed E-state index contributed by atoms with van der Waals surface area (Å²) in [6.45, 7) is 0.328. The van der Waals surface area contributed by atoms with Gasteiger partial charge in [-0.1, -0.05) is 0 Å². The molecule has 1 unspecified atom stereocenters. The second-order valence-electron chi connectivity index (χ2n) is 3.96. The molecule has 0 bridgehead atoms. The van der Waals surface area contributed by atoms with Crippen molar-refractivity contribution >= 4 is 9.84 Å². The lowest BCUT2D eigenvalue weighted by Gasteiger charge is -2.15. The highest BCUT2D eigenvalue weighted by Gasteiger charge is 2.16. The Bertz CT molecular complexity index is 622. The van der Waals surface area contributed by atoms with Gasteiger partial charge in [0.15, 0.2) is 9.84 Å². The summed E-state index contributed by atoms with van der Waals surface area (Å²) < 4.78 is 24.4. The zero-order valence-corrected chi connectivity index (χ0v) is 10.7. The first-order chi connectivity index (χ1) is 8.52. The number of nitrogens with zero attached hydrogens (tertiary/aromatic N) is 3. The van der Waals surface area contributed by atoms with Crippen molar-refractivity contribution in [3.05, 3.63) is 42.5 Å². The van der Waals surface area contributed by atoms with E-state index in [1.54, 1.807) is 17.1 Å². The van der Waals surface area contributed by atoms with Crippen LogP contribution in [0.2, 0.25) is 0 Å². The summed E-state index contributed by atoms with van der Waals surface area (Å²) in [5.41, 5.74) is 6.66. The molecule has 0 saturated heterocycles. The summed E-state index contributed by atoms with van der Waals surface area (Å²) in [7, 11) is -3.24. The van der Waals surface area contributed by atoms with E-state index in [4.69, 9.17) is 5.73 Å². The molecule has 6 nitrogen and oxygen atoms in total. The van der Waals surface area contributed by atoms with Crippen molar-refractivity contribution < 1.29 is 8.42 Å². The van der Waals surface area contributed by atoms with Crippen LogP contribution in [0.25, 0.3) is 0 Å². The normalized spacial score (nSPS) is 13.4. The van der Waals surface area contributed by atoms with E-state index in [9.17, 15) is 8.42 Å². The molecule has 2 N–H and O–H groups in total. The smallest absolute Gasteiger partial charge is 0.178 e. The first-order valence-corrected chi connectivity index (χ1v) is 7.25. The topological polar surface area (TPSA) is 90.9 Å². The van der Waals surface area contributed by atoms with Crippen LogP contribution in [-0.2, 0) is 9.84 Å². The van der Waals surface area contributed by atoms with E-state index in [0.717, 1.165) is 11.8 Å². The second kappa shape index (κ2) is 4.87. The number of sulfone groups is 1. The van der Waals surface area contributed by atoms with Crippen LogP contribution < -0.4 is 5.73 Å². The third kappa shape index (κ3) is 2.57. The first kappa shape index (κ1) is 12.7. The fourth-order valence-corrected chi connectivity index (χ4v) is 2.20. The Morgan fingerprint density at radius 2 is 2.06 bits per heavy atom. The first-order valence-electron chi connectivity index (χ1n) is 5.36. The molecule has 0 fully saturated rings. The molecule has 18 heavy (non-hydrogen) atoms. The Labute approximate surface area is 105 Å². The van der Waals surface area contributed by atoms with Gasteiger partial charge in [0, 0.05) is 31.4 Å². The Morgan fingerprint density at radius 3 is 2.56 bits per heavy atom. The van der Waals surface area contributed by atoms with Crippen molar-refractivity contribution in [3.63, 3.8) is 0 Å². The number of hydrogen-bond donors (Lipinski definition) is 1. The van der Waals surface area contributed by atoms with E-state index in [1.165, 1.54) is 12.4 Å². The highest BCUT2D eigenvalue weighted by Crippen LogP contribution is 2.17. The van der Waals surface area contributed by atoms with E-state index in [-0.39, 0.29) is 10.9 Å². The van der Waals surface area contributed by atoms with Crippen molar-refractivity contribution in [2.45, 2.75) is 10.9 Å². The highest BCUT2D eigenvalue weighted by atomic mass is 32.2. The molecule has 7 heteroatoms. The number of aromatic nitrogens is 3. The van der Waals surface area contributed by atoms with Crippen LogP contribution in [-0.4, -0.2) is 36.0 Å². The Hall–Kier alpha value is -1.73. The Morgan fingerprint density at radius 1 is 1.39 bits per heavy atom. The highest BCUT2D eigenvalue weighted by molar-refractivity contribution is 7.90.